The van der Waals surface area contributed by atoms with E-state index in [2.05, 4.69) is 33.7 Å². The van der Waals surface area contributed by atoms with Crippen LogP contribution >= 0.6 is 0 Å². The zero-order valence-electron chi connectivity index (χ0n) is 22.8. The van der Waals surface area contributed by atoms with E-state index in [1.54, 1.807) is 31.4 Å². The van der Waals surface area contributed by atoms with Crippen molar-refractivity contribution in [2.24, 2.45) is 0 Å². The zero-order chi connectivity index (χ0) is 27.9. The third-order valence-electron chi connectivity index (χ3n) is 7.17. The molecule has 1 heterocycles. The monoisotopic (exact) mass is 535 g/mol. The van der Waals surface area contributed by atoms with Crippen LogP contribution in [0.1, 0.15) is 37.4 Å². The SMILES string of the molecule is COc1ccc(C(=O)Nc2ccc(N3CCc4ccccc4C3)c(C(=O)NCCc3ccccc3)c2)c(OC)c1. The number of nitrogens with zero attached hydrogens (tertiary/aromatic N) is 1. The minimum Gasteiger partial charge on any atom is -0.497 e. The molecular weight excluding hydrogens is 502 g/mol. The Balaban J connectivity index is 1.40. The molecule has 0 aromatic heterocycles. The molecule has 4 aromatic rings. The first-order valence-electron chi connectivity index (χ1n) is 13.4. The third-order valence-corrected chi connectivity index (χ3v) is 7.17. The standard InChI is InChI=1S/C33H33N3O4/c1-39-27-13-14-28(31(21-27)40-2)33(38)35-26-12-15-30(36-19-17-24-10-6-7-11-25(24)22-36)29(20-26)32(37)34-18-16-23-8-4-3-5-9-23/h3-15,20-21H,16-19,22H2,1-2H3,(H,34,37)(H,35,38). The van der Waals surface area contributed by atoms with Gasteiger partial charge in [0.25, 0.3) is 11.8 Å². The molecule has 1 aliphatic heterocycles. The molecule has 7 heteroatoms. The lowest BCUT2D eigenvalue weighted by Gasteiger charge is -2.32. The average Bonchev–Trinajstić information content (AvgIpc) is 3.00. The average molecular weight is 536 g/mol. The van der Waals surface area contributed by atoms with Crippen molar-refractivity contribution in [2.45, 2.75) is 19.4 Å². The predicted octanol–water partition coefficient (Wildman–Crippen LogP) is 5.49. The molecule has 0 atom stereocenters. The number of hydrogen-bond donors (Lipinski definition) is 2. The lowest BCUT2D eigenvalue weighted by Crippen LogP contribution is -2.33. The third kappa shape index (κ3) is 6.10. The summed E-state index contributed by atoms with van der Waals surface area (Å²) in [5.41, 5.74) is 6.01. The highest BCUT2D eigenvalue weighted by Gasteiger charge is 2.22. The van der Waals surface area contributed by atoms with Crippen molar-refractivity contribution >= 4 is 23.2 Å². The molecular formula is C33H33N3O4. The molecule has 0 bridgehead atoms. The highest BCUT2D eigenvalue weighted by atomic mass is 16.5. The summed E-state index contributed by atoms with van der Waals surface area (Å²) in [6, 6.07) is 29.0. The number of fused-ring (bicyclic) bond motifs is 1. The number of hydrogen-bond acceptors (Lipinski definition) is 5. The molecule has 1 aliphatic rings. The number of carbonyl (C=O) groups excluding carboxylic acids is 2. The topological polar surface area (TPSA) is 79.9 Å². The van der Waals surface area contributed by atoms with Crippen molar-refractivity contribution in [2.75, 3.05) is 37.5 Å². The van der Waals surface area contributed by atoms with Crippen LogP contribution in [0.4, 0.5) is 11.4 Å². The van der Waals surface area contributed by atoms with E-state index in [9.17, 15) is 9.59 Å². The Bertz CT molecular complexity index is 1500. The van der Waals surface area contributed by atoms with Gasteiger partial charge in [0.15, 0.2) is 0 Å². The second-order valence-electron chi connectivity index (χ2n) is 9.68. The molecule has 2 amide bonds. The molecule has 4 aromatic carbocycles. The molecule has 40 heavy (non-hydrogen) atoms. The van der Waals surface area contributed by atoms with Crippen LogP contribution in [0.5, 0.6) is 11.5 Å². The Hall–Kier alpha value is -4.78. The molecule has 0 unspecified atom stereocenters. The summed E-state index contributed by atoms with van der Waals surface area (Å²) in [6.45, 7) is 2.02. The molecule has 7 nitrogen and oxygen atoms in total. The molecule has 0 saturated heterocycles. The van der Waals surface area contributed by atoms with Gasteiger partial charge in [-0.25, -0.2) is 0 Å². The molecule has 5 rings (SSSR count). The van der Waals surface area contributed by atoms with Crippen LogP contribution in [0.2, 0.25) is 0 Å². The summed E-state index contributed by atoms with van der Waals surface area (Å²) in [6.07, 6.45) is 1.63. The molecule has 0 saturated carbocycles. The first-order valence-corrected chi connectivity index (χ1v) is 13.4. The second-order valence-corrected chi connectivity index (χ2v) is 9.68. The van der Waals surface area contributed by atoms with Gasteiger partial charge in [0, 0.05) is 37.1 Å². The Labute approximate surface area is 234 Å². The Morgan fingerprint density at radius 1 is 0.800 bits per heavy atom. The highest BCUT2D eigenvalue weighted by molar-refractivity contribution is 6.08. The van der Waals surface area contributed by atoms with Gasteiger partial charge in [-0.3, -0.25) is 9.59 Å². The minimum absolute atomic E-state index is 0.178. The van der Waals surface area contributed by atoms with Gasteiger partial charge in [-0.1, -0.05) is 54.6 Å². The minimum atomic E-state index is -0.338. The number of benzene rings is 4. The van der Waals surface area contributed by atoms with Gasteiger partial charge in [0.2, 0.25) is 0 Å². The Morgan fingerprint density at radius 3 is 2.35 bits per heavy atom. The van der Waals surface area contributed by atoms with Crippen LogP contribution < -0.4 is 25.0 Å². The van der Waals surface area contributed by atoms with E-state index >= 15 is 0 Å². The molecule has 0 aliphatic carbocycles. The van der Waals surface area contributed by atoms with Crippen molar-refractivity contribution in [1.29, 1.82) is 0 Å². The van der Waals surface area contributed by atoms with Gasteiger partial charge in [-0.2, -0.15) is 0 Å². The van der Waals surface area contributed by atoms with Crippen LogP contribution in [0.3, 0.4) is 0 Å². The van der Waals surface area contributed by atoms with E-state index < -0.39 is 0 Å². The predicted molar refractivity (Wildman–Crippen MR) is 158 cm³/mol. The van der Waals surface area contributed by atoms with Crippen molar-refractivity contribution in [3.05, 3.63) is 119 Å². The van der Waals surface area contributed by atoms with Crippen molar-refractivity contribution in [3.8, 4) is 11.5 Å². The van der Waals surface area contributed by atoms with Crippen molar-refractivity contribution in [3.63, 3.8) is 0 Å². The number of ether oxygens (including phenoxy) is 2. The van der Waals surface area contributed by atoms with Crippen molar-refractivity contribution < 1.29 is 19.1 Å². The van der Waals surface area contributed by atoms with E-state index in [1.165, 1.54) is 18.2 Å². The largest absolute Gasteiger partial charge is 0.497 e. The van der Waals surface area contributed by atoms with Gasteiger partial charge in [0.05, 0.1) is 25.3 Å². The van der Waals surface area contributed by atoms with E-state index in [4.69, 9.17) is 9.47 Å². The number of rotatable bonds is 9. The number of amides is 2. The summed E-state index contributed by atoms with van der Waals surface area (Å²) in [5, 5.41) is 6.01. The molecule has 0 fully saturated rings. The summed E-state index contributed by atoms with van der Waals surface area (Å²) < 4.78 is 10.6. The summed E-state index contributed by atoms with van der Waals surface area (Å²) in [5.74, 6) is 0.479. The quantitative estimate of drug-likeness (QED) is 0.296. The molecule has 204 valence electrons. The maximum absolute atomic E-state index is 13.5. The van der Waals surface area contributed by atoms with Crippen LogP contribution in [-0.2, 0) is 19.4 Å². The van der Waals surface area contributed by atoms with Crippen LogP contribution in [0.25, 0.3) is 0 Å². The first-order chi connectivity index (χ1) is 19.6. The zero-order valence-corrected chi connectivity index (χ0v) is 22.8. The molecule has 2 N–H and O–H groups in total. The van der Waals surface area contributed by atoms with Gasteiger partial charge in [-0.15, -0.1) is 0 Å². The highest BCUT2D eigenvalue weighted by Crippen LogP contribution is 2.31. The maximum Gasteiger partial charge on any atom is 0.259 e. The van der Waals surface area contributed by atoms with Crippen LogP contribution in [-0.4, -0.2) is 39.1 Å². The number of carbonyl (C=O) groups is 2. The maximum atomic E-state index is 13.5. The first kappa shape index (κ1) is 26.8. The van der Waals surface area contributed by atoms with E-state index in [1.807, 2.05) is 48.5 Å². The van der Waals surface area contributed by atoms with Crippen molar-refractivity contribution in [1.82, 2.24) is 5.32 Å². The van der Waals surface area contributed by atoms with E-state index in [0.717, 1.165) is 37.2 Å². The fraction of sp³-hybridized carbons (Fsp3) is 0.212. The van der Waals surface area contributed by atoms with E-state index in [-0.39, 0.29) is 11.8 Å². The molecule has 0 radical (unpaired) electrons. The van der Waals surface area contributed by atoms with Crippen LogP contribution in [0, 0.1) is 0 Å². The fourth-order valence-corrected chi connectivity index (χ4v) is 5.02. The fourth-order valence-electron chi connectivity index (χ4n) is 5.02. The lowest BCUT2D eigenvalue weighted by atomic mass is 9.98. The molecule has 0 spiro atoms. The van der Waals surface area contributed by atoms with Gasteiger partial charge in [0.1, 0.15) is 11.5 Å². The van der Waals surface area contributed by atoms with Gasteiger partial charge in [-0.05, 0) is 59.9 Å². The number of methoxy groups -OCH3 is 2. The summed E-state index contributed by atoms with van der Waals surface area (Å²) >= 11 is 0. The Kier molecular flexibility index (Phi) is 8.30. The summed E-state index contributed by atoms with van der Waals surface area (Å²) in [4.78, 5) is 29.0. The van der Waals surface area contributed by atoms with Gasteiger partial charge >= 0.3 is 0 Å². The summed E-state index contributed by atoms with van der Waals surface area (Å²) in [7, 11) is 3.07. The van der Waals surface area contributed by atoms with E-state index in [0.29, 0.717) is 34.9 Å². The van der Waals surface area contributed by atoms with Gasteiger partial charge < -0.3 is 25.0 Å². The Morgan fingerprint density at radius 2 is 1.57 bits per heavy atom. The second kappa shape index (κ2) is 12.4. The smallest absolute Gasteiger partial charge is 0.259 e. The number of nitrogens with one attached hydrogen (secondary N) is 2. The number of anilines is 2. The normalized spacial score (nSPS) is 12.3. The lowest BCUT2D eigenvalue weighted by molar-refractivity contribution is 0.0953. The van der Waals surface area contributed by atoms with Crippen LogP contribution in [0.15, 0.2) is 91.0 Å².